The molecule has 0 aliphatic rings. The first-order valence-electron chi connectivity index (χ1n) is 8.28. The second-order valence-electron chi connectivity index (χ2n) is 6.50. The van der Waals surface area contributed by atoms with Gasteiger partial charge in [-0.05, 0) is 51.5 Å². The standard InChI is InChI=1S/C17H24FN5O2S/c1-5-17(3,4)20-15(24)11(2)26-16-22-21-14(23(16)19)10-25-13-8-6-12(18)7-9-13/h6-9,11H,5,10,19H2,1-4H3,(H,20,24). The van der Waals surface area contributed by atoms with Gasteiger partial charge in [0.25, 0.3) is 0 Å². The molecular weight excluding hydrogens is 357 g/mol. The Balaban J connectivity index is 1.95. The van der Waals surface area contributed by atoms with Crippen LogP contribution in [0.3, 0.4) is 0 Å². The van der Waals surface area contributed by atoms with Crippen molar-refractivity contribution in [2.45, 2.75) is 56.7 Å². The van der Waals surface area contributed by atoms with E-state index in [0.717, 1.165) is 6.42 Å². The molecular formula is C17H24FN5O2S. The number of rotatable bonds is 8. The summed E-state index contributed by atoms with van der Waals surface area (Å²) in [4.78, 5) is 12.3. The number of hydrogen-bond donors (Lipinski definition) is 2. The Morgan fingerprint density at radius 3 is 2.65 bits per heavy atom. The number of nitrogens with one attached hydrogen (secondary N) is 1. The molecule has 1 heterocycles. The molecule has 1 amide bonds. The molecule has 9 heteroatoms. The normalized spacial score (nSPS) is 12.7. The van der Waals surface area contributed by atoms with Crippen molar-refractivity contribution in [2.24, 2.45) is 0 Å². The van der Waals surface area contributed by atoms with Gasteiger partial charge in [0.2, 0.25) is 11.1 Å². The van der Waals surface area contributed by atoms with Crippen molar-refractivity contribution >= 4 is 17.7 Å². The summed E-state index contributed by atoms with van der Waals surface area (Å²) in [6.07, 6.45) is 0.827. The van der Waals surface area contributed by atoms with E-state index in [1.165, 1.54) is 40.7 Å². The van der Waals surface area contributed by atoms with Gasteiger partial charge in [-0.2, -0.15) is 0 Å². The molecule has 0 radical (unpaired) electrons. The molecule has 0 aliphatic heterocycles. The second kappa shape index (κ2) is 8.39. The maximum Gasteiger partial charge on any atom is 0.233 e. The van der Waals surface area contributed by atoms with Crippen molar-refractivity contribution in [3.8, 4) is 5.75 Å². The van der Waals surface area contributed by atoms with E-state index in [9.17, 15) is 9.18 Å². The van der Waals surface area contributed by atoms with Crippen molar-refractivity contribution in [1.29, 1.82) is 0 Å². The molecule has 3 N–H and O–H groups in total. The van der Waals surface area contributed by atoms with Crippen LogP contribution in [0.15, 0.2) is 29.4 Å². The lowest BCUT2D eigenvalue weighted by Gasteiger charge is -2.26. The summed E-state index contributed by atoms with van der Waals surface area (Å²) in [5.41, 5.74) is -0.267. The summed E-state index contributed by atoms with van der Waals surface area (Å²) in [5.74, 6) is 6.47. The zero-order valence-electron chi connectivity index (χ0n) is 15.3. The van der Waals surface area contributed by atoms with Crippen molar-refractivity contribution in [3.05, 3.63) is 35.9 Å². The molecule has 0 bridgehead atoms. The number of thioether (sulfide) groups is 1. The third kappa shape index (κ3) is 5.35. The molecule has 0 spiro atoms. The Kier molecular flexibility index (Phi) is 6.47. The van der Waals surface area contributed by atoms with Crippen LogP contribution < -0.4 is 15.9 Å². The van der Waals surface area contributed by atoms with Crippen LogP contribution in [0, 0.1) is 5.82 Å². The summed E-state index contributed by atoms with van der Waals surface area (Å²) < 4.78 is 19.7. The number of benzene rings is 1. The van der Waals surface area contributed by atoms with Crippen LogP contribution in [0.2, 0.25) is 0 Å². The molecule has 2 aromatic rings. The number of nitrogens with zero attached hydrogens (tertiary/aromatic N) is 3. The molecule has 1 aromatic carbocycles. The average Bonchev–Trinajstić information content (AvgIpc) is 2.94. The molecule has 2 rings (SSSR count). The highest BCUT2D eigenvalue weighted by molar-refractivity contribution is 8.00. The van der Waals surface area contributed by atoms with E-state index in [1.54, 1.807) is 6.92 Å². The topological polar surface area (TPSA) is 95.1 Å². The van der Waals surface area contributed by atoms with Crippen LogP contribution in [-0.4, -0.2) is 31.6 Å². The maximum atomic E-state index is 12.9. The number of aromatic nitrogens is 3. The number of nitrogen functional groups attached to an aromatic ring is 1. The maximum absolute atomic E-state index is 12.9. The van der Waals surface area contributed by atoms with Gasteiger partial charge in [0.15, 0.2) is 5.82 Å². The van der Waals surface area contributed by atoms with Crippen LogP contribution in [0.5, 0.6) is 5.75 Å². The molecule has 26 heavy (non-hydrogen) atoms. The SMILES string of the molecule is CCC(C)(C)NC(=O)C(C)Sc1nnc(COc2ccc(F)cc2)n1N. The van der Waals surface area contributed by atoms with Crippen LogP contribution in [0.25, 0.3) is 0 Å². The van der Waals surface area contributed by atoms with Crippen molar-refractivity contribution in [3.63, 3.8) is 0 Å². The number of carbonyl (C=O) groups is 1. The minimum atomic E-state index is -0.377. The molecule has 142 valence electrons. The number of carbonyl (C=O) groups excluding carboxylic acids is 1. The first-order valence-corrected chi connectivity index (χ1v) is 9.16. The van der Waals surface area contributed by atoms with E-state index < -0.39 is 0 Å². The fourth-order valence-electron chi connectivity index (χ4n) is 1.90. The number of ether oxygens (including phenoxy) is 1. The number of hydrogen-bond acceptors (Lipinski definition) is 6. The van der Waals surface area contributed by atoms with E-state index in [0.29, 0.717) is 16.7 Å². The van der Waals surface area contributed by atoms with Gasteiger partial charge in [-0.1, -0.05) is 18.7 Å². The summed E-state index contributed by atoms with van der Waals surface area (Å²) in [6.45, 7) is 7.83. The zero-order chi connectivity index (χ0) is 19.3. The Bertz CT molecular complexity index is 748. The second-order valence-corrected chi connectivity index (χ2v) is 7.81. The molecule has 0 aliphatic carbocycles. The zero-order valence-corrected chi connectivity index (χ0v) is 16.1. The van der Waals surface area contributed by atoms with E-state index in [-0.39, 0.29) is 29.1 Å². The fourth-order valence-corrected chi connectivity index (χ4v) is 2.69. The van der Waals surface area contributed by atoms with Gasteiger partial charge >= 0.3 is 0 Å². The highest BCUT2D eigenvalue weighted by Gasteiger charge is 2.24. The van der Waals surface area contributed by atoms with Gasteiger partial charge < -0.3 is 15.9 Å². The third-order valence-electron chi connectivity index (χ3n) is 3.91. The largest absolute Gasteiger partial charge is 0.486 e. The Morgan fingerprint density at radius 1 is 1.38 bits per heavy atom. The summed E-state index contributed by atoms with van der Waals surface area (Å²) >= 11 is 1.22. The monoisotopic (exact) mass is 381 g/mol. The molecule has 1 aromatic heterocycles. The molecule has 1 unspecified atom stereocenters. The summed E-state index contributed by atoms with van der Waals surface area (Å²) in [5, 5.41) is 11.0. The molecule has 0 fully saturated rings. The van der Waals surface area contributed by atoms with Crippen LogP contribution in [-0.2, 0) is 11.4 Å². The smallest absolute Gasteiger partial charge is 0.233 e. The molecule has 7 nitrogen and oxygen atoms in total. The highest BCUT2D eigenvalue weighted by atomic mass is 32.2. The van der Waals surface area contributed by atoms with Crippen molar-refractivity contribution in [1.82, 2.24) is 20.2 Å². The van der Waals surface area contributed by atoms with Crippen LogP contribution >= 0.6 is 11.8 Å². The van der Waals surface area contributed by atoms with E-state index in [4.69, 9.17) is 10.6 Å². The predicted octanol–water partition coefficient (Wildman–Crippen LogP) is 2.50. The van der Waals surface area contributed by atoms with Gasteiger partial charge in [0.05, 0.1) is 5.25 Å². The third-order valence-corrected chi connectivity index (χ3v) is 4.97. The summed E-state index contributed by atoms with van der Waals surface area (Å²) in [7, 11) is 0. The first kappa shape index (κ1) is 20.0. The van der Waals surface area contributed by atoms with Crippen molar-refractivity contribution < 1.29 is 13.9 Å². The molecule has 0 saturated carbocycles. The number of amides is 1. The summed E-state index contributed by atoms with van der Waals surface area (Å²) in [6, 6.07) is 5.65. The van der Waals surface area contributed by atoms with E-state index in [1.807, 2.05) is 20.8 Å². The van der Waals surface area contributed by atoms with Crippen LogP contribution in [0.1, 0.15) is 39.9 Å². The molecule has 1 atom stereocenters. The minimum Gasteiger partial charge on any atom is -0.486 e. The Labute approximate surface area is 156 Å². The van der Waals surface area contributed by atoms with Gasteiger partial charge in [-0.3, -0.25) is 4.79 Å². The van der Waals surface area contributed by atoms with Crippen molar-refractivity contribution in [2.75, 3.05) is 5.84 Å². The lowest BCUT2D eigenvalue weighted by Crippen LogP contribution is -2.46. The quantitative estimate of drug-likeness (QED) is 0.539. The van der Waals surface area contributed by atoms with E-state index in [2.05, 4.69) is 15.5 Å². The number of halogens is 1. The first-order chi connectivity index (χ1) is 12.2. The minimum absolute atomic E-state index is 0.0825. The Hall–Kier alpha value is -2.29. The predicted molar refractivity (Wildman–Crippen MR) is 98.7 cm³/mol. The van der Waals surface area contributed by atoms with E-state index >= 15 is 0 Å². The van der Waals surface area contributed by atoms with Gasteiger partial charge in [-0.25, -0.2) is 9.07 Å². The van der Waals surface area contributed by atoms with Gasteiger partial charge in [-0.15, -0.1) is 10.2 Å². The lowest BCUT2D eigenvalue weighted by molar-refractivity contribution is -0.121. The van der Waals surface area contributed by atoms with Crippen LogP contribution in [0.4, 0.5) is 4.39 Å². The Morgan fingerprint density at radius 2 is 2.04 bits per heavy atom. The van der Waals surface area contributed by atoms with Gasteiger partial charge in [0.1, 0.15) is 18.2 Å². The molecule has 0 saturated heterocycles. The van der Waals surface area contributed by atoms with Gasteiger partial charge in [0, 0.05) is 5.54 Å². The fraction of sp³-hybridized carbons (Fsp3) is 0.471. The number of nitrogens with two attached hydrogens (primary N) is 1. The lowest BCUT2D eigenvalue weighted by atomic mass is 10.0. The highest BCUT2D eigenvalue weighted by Crippen LogP contribution is 2.22. The average molecular weight is 381 g/mol.